The molecule has 0 aliphatic carbocycles. The molecule has 0 atom stereocenters. The van der Waals surface area contributed by atoms with Crippen LogP contribution in [0.4, 0.5) is 0 Å². The minimum Gasteiger partial charge on any atom is -0.321 e. The second-order valence-corrected chi connectivity index (χ2v) is 6.93. The van der Waals surface area contributed by atoms with Crippen LogP contribution in [0.25, 0.3) is 21.7 Å². The number of nitrogens with one attached hydrogen (secondary N) is 1. The minimum absolute atomic E-state index is 0.168. The van der Waals surface area contributed by atoms with Gasteiger partial charge in [0.05, 0.1) is 0 Å². The van der Waals surface area contributed by atoms with Crippen LogP contribution in [0.2, 0.25) is 0 Å². The van der Waals surface area contributed by atoms with Crippen LogP contribution in [0.1, 0.15) is 21.6 Å². The summed E-state index contributed by atoms with van der Waals surface area (Å²) in [4.78, 5) is 17.3. The smallest absolute Gasteiger partial charge is 0.267 e. The van der Waals surface area contributed by atoms with Crippen molar-refractivity contribution in [2.24, 2.45) is 0 Å². The molecular formula is C19H16N2OS. The Morgan fingerprint density at radius 2 is 1.83 bits per heavy atom. The zero-order valence-electron chi connectivity index (χ0n) is 13.2. The van der Waals surface area contributed by atoms with Gasteiger partial charge < -0.3 is 4.98 Å². The van der Waals surface area contributed by atoms with Crippen molar-refractivity contribution in [3.05, 3.63) is 68.3 Å². The molecule has 3 nitrogen and oxygen atoms in total. The van der Waals surface area contributed by atoms with Crippen LogP contribution in [0.3, 0.4) is 0 Å². The molecule has 0 saturated heterocycles. The fraction of sp³-hybridized carbons (Fsp3) is 0.158. The highest BCUT2D eigenvalue weighted by Crippen LogP contribution is 2.32. The molecule has 114 valence electrons. The fourth-order valence-electron chi connectivity index (χ4n) is 2.62. The van der Waals surface area contributed by atoms with Gasteiger partial charge >= 0.3 is 0 Å². The Balaban J connectivity index is 2.29. The zero-order chi connectivity index (χ0) is 16.6. The first-order chi connectivity index (χ1) is 11.0. The number of rotatable bonds is 2. The molecule has 3 rings (SSSR count). The van der Waals surface area contributed by atoms with Crippen molar-refractivity contribution >= 4 is 11.3 Å². The summed E-state index contributed by atoms with van der Waals surface area (Å²) in [6, 6.07) is 14.0. The van der Waals surface area contributed by atoms with Gasteiger partial charge in [-0.05, 0) is 50.6 Å². The molecule has 0 saturated carbocycles. The van der Waals surface area contributed by atoms with E-state index in [2.05, 4.69) is 11.1 Å². The van der Waals surface area contributed by atoms with Crippen LogP contribution in [0.5, 0.6) is 0 Å². The molecule has 0 aliphatic rings. The molecule has 0 spiro atoms. The van der Waals surface area contributed by atoms with Crippen LogP contribution in [0, 0.1) is 32.1 Å². The van der Waals surface area contributed by atoms with E-state index in [0.717, 1.165) is 32.1 Å². The second kappa shape index (κ2) is 5.86. The number of aromatic nitrogens is 1. The number of hydrogen-bond donors (Lipinski definition) is 1. The highest BCUT2D eigenvalue weighted by Gasteiger charge is 2.14. The Labute approximate surface area is 138 Å². The highest BCUT2D eigenvalue weighted by atomic mass is 32.1. The monoisotopic (exact) mass is 320 g/mol. The number of thiophene rings is 1. The van der Waals surface area contributed by atoms with E-state index < -0.39 is 0 Å². The summed E-state index contributed by atoms with van der Waals surface area (Å²) in [6.45, 7) is 6.05. The number of aryl methyl sites for hydroxylation is 3. The van der Waals surface area contributed by atoms with Gasteiger partial charge in [-0.1, -0.05) is 17.7 Å². The predicted octanol–water partition coefficient (Wildman–Crippen LogP) is 4.57. The van der Waals surface area contributed by atoms with Gasteiger partial charge in [-0.25, -0.2) is 0 Å². The Hall–Kier alpha value is -2.64. The molecule has 0 radical (unpaired) electrons. The number of H-pyrrole nitrogens is 1. The molecule has 2 aromatic heterocycles. The molecule has 0 unspecified atom stereocenters. The molecule has 0 aliphatic heterocycles. The van der Waals surface area contributed by atoms with Crippen molar-refractivity contribution in [1.29, 1.82) is 5.26 Å². The lowest BCUT2D eigenvalue weighted by Gasteiger charge is -2.10. The minimum atomic E-state index is -0.341. The molecule has 0 fully saturated rings. The van der Waals surface area contributed by atoms with E-state index in [0.29, 0.717) is 5.56 Å². The van der Waals surface area contributed by atoms with Gasteiger partial charge in [0.25, 0.3) is 5.56 Å². The Bertz CT molecular complexity index is 989. The summed E-state index contributed by atoms with van der Waals surface area (Å²) in [5.41, 5.74) is 4.48. The van der Waals surface area contributed by atoms with Gasteiger partial charge in [-0.3, -0.25) is 4.79 Å². The average Bonchev–Trinajstić information content (AvgIpc) is 2.95. The Morgan fingerprint density at radius 1 is 1.04 bits per heavy atom. The van der Waals surface area contributed by atoms with Crippen LogP contribution in [-0.2, 0) is 0 Å². The van der Waals surface area contributed by atoms with Crippen molar-refractivity contribution in [2.75, 3.05) is 0 Å². The van der Waals surface area contributed by atoms with Crippen molar-refractivity contribution in [2.45, 2.75) is 20.8 Å². The normalized spacial score (nSPS) is 10.5. The molecule has 4 heteroatoms. The van der Waals surface area contributed by atoms with Crippen molar-refractivity contribution in [3.63, 3.8) is 0 Å². The predicted molar refractivity (Wildman–Crippen MR) is 94.7 cm³/mol. The Kier molecular flexibility index (Phi) is 3.89. The SMILES string of the molecule is Cc1ccc(C)c(-c2cc(-c3ccc(C)s3)c(C#N)c(=O)[nH]2)c1. The van der Waals surface area contributed by atoms with E-state index in [4.69, 9.17) is 0 Å². The first-order valence-electron chi connectivity index (χ1n) is 7.31. The number of nitriles is 1. The second-order valence-electron chi connectivity index (χ2n) is 5.64. The largest absolute Gasteiger partial charge is 0.321 e. The number of hydrogen-bond acceptors (Lipinski definition) is 3. The van der Waals surface area contributed by atoms with E-state index >= 15 is 0 Å². The first-order valence-corrected chi connectivity index (χ1v) is 8.13. The van der Waals surface area contributed by atoms with E-state index in [9.17, 15) is 10.1 Å². The van der Waals surface area contributed by atoms with Gasteiger partial charge in [0.2, 0.25) is 0 Å². The molecule has 0 bridgehead atoms. The van der Waals surface area contributed by atoms with Crippen LogP contribution in [0.15, 0.2) is 41.2 Å². The number of pyridine rings is 1. The third kappa shape index (κ3) is 2.84. The van der Waals surface area contributed by atoms with Gasteiger partial charge in [0, 0.05) is 26.6 Å². The lowest BCUT2D eigenvalue weighted by atomic mass is 9.99. The third-order valence-corrected chi connectivity index (χ3v) is 4.87. The van der Waals surface area contributed by atoms with E-state index in [1.807, 2.05) is 57.2 Å². The molecular weight excluding hydrogens is 304 g/mol. The average molecular weight is 320 g/mol. The molecule has 1 aromatic carbocycles. The van der Waals surface area contributed by atoms with Gasteiger partial charge in [0.1, 0.15) is 11.6 Å². The van der Waals surface area contributed by atoms with Gasteiger partial charge in [0.15, 0.2) is 0 Å². The first kappa shape index (κ1) is 15.3. The van der Waals surface area contributed by atoms with E-state index in [1.165, 1.54) is 0 Å². The van der Waals surface area contributed by atoms with Crippen LogP contribution in [-0.4, -0.2) is 4.98 Å². The van der Waals surface area contributed by atoms with Crippen LogP contribution >= 0.6 is 11.3 Å². The molecule has 1 N–H and O–H groups in total. The lowest BCUT2D eigenvalue weighted by Crippen LogP contribution is -2.12. The van der Waals surface area contributed by atoms with Crippen molar-refractivity contribution < 1.29 is 0 Å². The summed E-state index contributed by atoms with van der Waals surface area (Å²) in [5.74, 6) is 0. The fourth-order valence-corrected chi connectivity index (χ4v) is 3.51. The maximum Gasteiger partial charge on any atom is 0.267 e. The number of aromatic amines is 1. The quantitative estimate of drug-likeness (QED) is 0.752. The van der Waals surface area contributed by atoms with Gasteiger partial charge in [-0.15, -0.1) is 11.3 Å². The summed E-state index contributed by atoms with van der Waals surface area (Å²) in [5, 5.41) is 9.36. The number of benzene rings is 1. The molecule has 3 aromatic rings. The standard InChI is InChI=1S/C19H16N2OS/c1-11-4-5-12(2)14(8-11)17-9-15(16(10-20)19(22)21-17)18-7-6-13(3)23-18/h4-9H,1-3H3,(H,21,22). The zero-order valence-corrected chi connectivity index (χ0v) is 14.0. The molecule has 2 heterocycles. The molecule has 0 amide bonds. The van der Waals surface area contributed by atoms with E-state index in [-0.39, 0.29) is 11.1 Å². The Morgan fingerprint density at radius 3 is 2.48 bits per heavy atom. The van der Waals surface area contributed by atoms with Crippen molar-refractivity contribution in [1.82, 2.24) is 4.98 Å². The number of nitrogens with zero attached hydrogens (tertiary/aromatic N) is 1. The summed E-state index contributed by atoms with van der Waals surface area (Å²) < 4.78 is 0. The highest BCUT2D eigenvalue weighted by molar-refractivity contribution is 7.15. The van der Waals surface area contributed by atoms with Crippen molar-refractivity contribution in [3.8, 4) is 27.8 Å². The molecule has 23 heavy (non-hydrogen) atoms. The summed E-state index contributed by atoms with van der Waals surface area (Å²) in [6.07, 6.45) is 0. The summed E-state index contributed by atoms with van der Waals surface area (Å²) >= 11 is 1.59. The maximum atomic E-state index is 12.4. The maximum absolute atomic E-state index is 12.4. The van der Waals surface area contributed by atoms with E-state index in [1.54, 1.807) is 11.3 Å². The lowest BCUT2D eigenvalue weighted by molar-refractivity contribution is 1.21. The van der Waals surface area contributed by atoms with Gasteiger partial charge in [-0.2, -0.15) is 5.26 Å². The summed E-state index contributed by atoms with van der Waals surface area (Å²) in [7, 11) is 0. The third-order valence-electron chi connectivity index (χ3n) is 3.83. The topological polar surface area (TPSA) is 56.6 Å². The van der Waals surface area contributed by atoms with Crippen LogP contribution < -0.4 is 5.56 Å².